The summed E-state index contributed by atoms with van der Waals surface area (Å²) in [6.45, 7) is 5.58. The van der Waals surface area contributed by atoms with E-state index >= 15 is 0 Å². The van der Waals surface area contributed by atoms with Gasteiger partial charge in [-0.2, -0.15) is 0 Å². The molecule has 0 aromatic heterocycles. The topological polar surface area (TPSA) is 50.4 Å². The van der Waals surface area contributed by atoms with E-state index in [-0.39, 0.29) is 11.3 Å². The highest BCUT2D eigenvalue weighted by Crippen LogP contribution is 2.20. The quantitative estimate of drug-likeness (QED) is 0.722. The van der Waals surface area contributed by atoms with Crippen molar-refractivity contribution in [2.45, 2.75) is 20.3 Å². The number of carbonyl (C=O) groups excluding carboxylic acids is 1. The Morgan fingerprint density at radius 3 is 2.45 bits per heavy atom. The molecule has 2 N–H and O–H groups in total. The third-order valence-electron chi connectivity index (χ3n) is 2.61. The number of nitrogens with one attached hydrogen (secondary N) is 2. The van der Waals surface area contributed by atoms with Gasteiger partial charge >= 0.3 is 0 Å². The molecule has 1 amide bonds. The average molecular weight is 286 g/mol. The van der Waals surface area contributed by atoms with Crippen LogP contribution < -0.4 is 10.6 Å². The number of benzene rings is 1. The van der Waals surface area contributed by atoms with Crippen LogP contribution in [-0.4, -0.2) is 32.2 Å². The molecule has 0 bridgehead atoms. The van der Waals surface area contributed by atoms with E-state index in [1.807, 2.05) is 6.92 Å². The fourth-order valence-corrected chi connectivity index (χ4v) is 1.67. The SMILES string of the molecule is CCNc1c(F)cc(C(=O)NCCCOCC)cc1F. The minimum atomic E-state index is -0.772. The van der Waals surface area contributed by atoms with Crippen LogP contribution in [0.5, 0.6) is 0 Å². The monoisotopic (exact) mass is 286 g/mol. The van der Waals surface area contributed by atoms with Crippen molar-refractivity contribution in [1.82, 2.24) is 5.32 Å². The van der Waals surface area contributed by atoms with Crippen LogP contribution in [0.1, 0.15) is 30.6 Å². The number of amides is 1. The molecule has 0 heterocycles. The Bertz CT molecular complexity index is 430. The number of hydrogen-bond donors (Lipinski definition) is 2. The van der Waals surface area contributed by atoms with Gasteiger partial charge in [0.2, 0.25) is 0 Å². The first-order chi connectivity index (χ1) is 9.60. The minimum Gasteiger partial charge on any atom is -0.382 e. The van der Waals surface area contributed by atoms with Gasteiger partial charge in [0.25, 0.3) is 5.91 Å². The summed E-state index contributed by atoms with van der Waals surface area (Å²) >= 11 is 0. The summed E-state index contributed by atoms with van der Waals surface area (Å²) < 4.78 is 32.4. The summed E-state index contributed by atoms with van der Waals surface area (Å²) in [7, 11) is 0. The van der Waals surface area contributed by atoms with Crippen molar-refractivity contribution in [2.75, 3.05) is 31.6 Å². The van der Waals surface area contributed by atoms with E-state index in [0.29, 0.717) is 32.7 Å². The molecule has 0 aliphatic carbocycles. The molecule has 0 unspecified atom stereocenters. The van der Waals surface area contributed by atoms with Crippen LogP contribution in [0.2, 0.25) is 0 Å². The molecule has 0 fully saturated rings. The van der Waals surface area contributed by atoms with Gasteiger partial charge in [-0.05, 0) is 32.4 Å². The molecule has 0 spiro atoms. The normalized spacial score (nSPS) is 10.4. The molecule has 112 valence electrons. The summed E-state index contributed by atoms with van der Waals surface area (Å²) in [6, 6.07) is 2.05. The maximum Gasteiger partial charge on any atom is 0.251 e. The van der Waals surface area contributed by atoms with Gasteiger partial charge in [0.1, 0.15) is 17.3 Å². The van der Waals surface area contributed by atoms with Crippen LogP contribution >= 0.6 is 0 Å². The first-order valence-corrected chi connectivity index (χ1v) is 6.69. The zero-order valence-corrected chi connectivity index (χ0v) is 11.8. The second kappa shape index (κ2) is 8.47. The molecule has 1 aromatic rings. The van der Waals surface area contributed by atoms with Crippen LogP contribution in [0.25, 0.3) is 0 Å². The smallest absolute Gasteiger partial charge is 0.251 e. The molecule has 0 aliphatic rings. The lowest BCUT2D eigenvalue weighted by molar-refractivity contribution is 0.0943. The van der Waals surface area contributed by atoms with E-state index in [4.69, 9.17) is 4.74 Å². The fourth-order valence-electron chi connectivity index (χ4n) is 1.67. The molecule has 0 atom stereocenters. The molecule has 0 saturated heterocycles. The van der Waals surface area contributed by atoms with Crippen LogP contribution in [0.15, 0.2) is 12.1 Å². The third kappa shape index (κ3) is 4.77. The van der Waals surface area contributed by atoms with Crippen LogP contribution in [0.3, 0.4) is 0 Å². The Kier molecular flexibility index (Phi) is 6.93. The van der Waals surface area contributed by atoms with Gasteiger partial charge in [0, 0.05) is 31.9 Å². The predicted molar refractivity (Wildman–Crippen MR) is 74.0 cm³/mol. The zero-order chi connectivity index (χ0) is 15.0. The van der Waals surface area contributed by atoms with Crippen LogP contribution in [-0.2, 0) is 4.74 Å². The van der Waals surface area contributed by atoms with Crippen molar-refractivity contribution in [1.29, 1.82) is 0 Å². The van der Waals surface area contributed by atoms with Gasteiger partial charge in [-0.1, -0.05) is 0 Å². The van der Waals surface area contributed by atoms with Crippen molar-refractivity contribution in [3.05, 3.63) is 29.3 Å². The van der Waals surface area contributed by atoms with Gasteiger partial charge in [0.05, 0.1) is 0 Å². The number of hydrogen-bond acceptors (Lipinski definition) is 3. The summed E-state index contributed by atoms with van der Waals surface area (Å²) in [5, 5.41) is 5.17. The van der Waals surface area contributed by atoms with Gasteiger partial charge in [-0.3, -0.25) is 4.79 Å². The van der Waals surface area contributed by atoms with Crippen LogP contribution in [0, 0.1) is 11.6 Å². The lowest BCUT2D eigenvalue weighted by atomic mass is 10.1. The fraction of sp³-hybridized carbons (Fsp3) is 0.500. The number of rotatable bonds is 8. The molecular weight excluding hydrogens is 266 g/mol. The predicted octanol–water partition coefficient (Wildman–Crippen LogP) is 2.55. The summed E-state index contributed by atoms with van der Waals surface area (Å²) in [5.41, 5.74) is -0.238. The van der Waals surface area contributed by atoms with Crippen molar-refractivity contribution in [2.24, 2.45) is 0 Å². The first-order valence-electron chi connectivity index (χ1n) is 6.69. The van der Waals surface area contributed by atoms with E-state index in [9.17, 15) is 13.6 Å². The van der Waals surface area contributed by atoms with Gasteiger partial charge in [-0.15, -0.1) is 0 Å². The Morgan fingerprint density at radius 1 is 1.25 bits per heavy atom. The Morgan fingerprint density at radius 2 is 1.90 bits per heavy atom. The first kappa shape index (κ1) is 16.4. The van der Waals surface area contributed by atoms with Crippen LogP contribution in [0.4, 0.5) is 14.5 Å². The third-order valence-corrected chi connectivity index (χ3v) is 2.61. The van der Waals surface area contributed by atoms with E-state index in [2.05, 4.69) is 10.6 Å². The Balaban J connectivity index is 2.60. The summed E-state index contributed by atoms with van der Waals surface area (Å²) in [6.07, 6.45) is 0.653. The van der Waals surface area contributed by atoms with E-state index in [1.165, 1.54) is 0 Å². The average Bonchev–Trinajstić information content (AvgIpc) is 2.42. The van der Waals surface area contributed by atoms with E-state index < -0.39 is 17.5 Å². The molecule has 6 heteroatoms. The molecule has 0 saturated carbocycles. The molecule has 4 nitrogen and oxygen atoms in total. The highest BCUT2D eigenvalue weighted by atomic mass is 19.1. The number of carbonyl (C=O) groups is 1. The van der Waals surface area contributed by atoms with Crippen molar-refractivity contribution >= 4 is 11.6 Å². The summed E-state index contributed by atoms with van der Waals surface area (Å²) in [5.74, 6) is -2.04. The van der Waals surface area contributed by atoms with Crippen molar-refractivity contribution < 1.29 is 18.3 Å². The summed E-state index contributed by atoms with van der Waals surface area (Å²) in [4.78, 5) is 11.7. The molecule has 1 rings (SSSR count). The Labute approximate surface area is 117 Å². The number of anilines is 1. The molecule has 0 aliphatic heterocycles. The van der Waals surface area contributed by atoms with Gasteiger partial charge in [0.15, 0.2) is 0 Å². The molecule has 20 heavy (non-hydrogen) atoms. The van der Waals surface area contributed by atoms with Crippen molar-refractivity contribution in [3.63, 3.8) is 0 Å². The standard InChI is InChI=1S/C14H20F2N2O2/c1-3-17-13-11(15)8-10(9-12(13)16)14(19)18-6-5-7-20-4-2/h8-9,17H,3-7H2,1-2H3,(H,18,19). The highest BCUT2D eigenvalue weighted by Gasteiger charge is 2.14. The van der Waals surface area contributed by atoms with E-state index in [1.54, 1.807) is 6.92 Å². The molecule has 1 aromatic carbocycles. The maximum atomic E-state index is 13.6. The van der Waals surface area contributed by atoms with Crippen molar-refractivity contribution in [3.8, 4) is 0 Å². The molecular formula is C14H20F2N2O2. The van der Waals surface area contributed by atoms with Gasteiger partial charge < -0.3 is 15.4 Å². The Hall–Kier alpha value is -1.69. The second-order valence-electron chi connectivity index (χ2n) is 4.15. The lowest BCUT2D eigenvalue weighted by Gasteiger charge is -2.09. The van der Waals surface area contributed by atoms with Gasteiger partial charge in [-0.25, -0.2) is 8.78 Å². The maximum absolute atomic E-state index is 13.6. The largest absolute Gasteiger partial charge is 0.382 e. The second-order valence-corrected chi connectivity index (χ2v) is 4.15. The number of halogens is 2. The lowest BCUT2D eigenvalue weighted by Crippen LogP contribution is -2.25. The highest BCUT2D eigenvalue weighted by molar-refractivity contribution is 5.94. The number of ether oxygens (including phenoxy) is 1. The van der Waals surface area contributed by atoms with E-state index in [0.717, 1.165) is 12.1 Å². The minimum absolute atomic E-state index is 0.0296. The molecule has 0 radical (unpaired) electrons. The zero-order valence-electron chi connectivity index (χ0n) is 11.8.